The molecule has 0 unspecified atom stereocenters. The number of halogens is 1. The summed E-state index contributed by atoms with van der Waals surface area (Å²) in [5, 5.41) is 3.08. The number of amides is 1. The molecular weight excluding hydrogens is 332 g/mol. The molecule has 1 aliphatic rings. The number of ether oxygens (including phenoxy) is 1. The highest BCUT2D eigenvalue weighted by Gasteiger charge is 2.28. The van der Waals surface area contributed by atoms with E-state index in [0.29, 0.717) is 25.0 Å². The molecule has 0 bridgehead atoms. The van der Waals surface area contributed by atoms with E-state index in [-0.39, 0.29) is 5.91 Å². The summed E-state index contributed by atoms with van der Waals surface area (Å²) in [4.78, 5) is 14.0. The third-order valence-corrected chi connectivity index (χ3v) is 4.31. The molecule has 1 aliphatic carbocycles. The summed E-state index contributed by atoms with van der Waals surface area (Å²) < 4.78 is 6.37. The molecule has 1 aromatic rings. The fourth-order valence-electron chi connectivity index (χ4n) is 2.48. The zero-order chi connectivity index (χ0) is 15.4. The highest BCUT2D eigenvalue weighted by molar-refractivity contribution is 9.10. The average Bonchev–Trinajstić information content (AvgIpc) is 3.22. The van der Waals surface area contributed by atoms with Crippen molar-refractivity contribution in [1.82, 2.24) is 10.2 Å². The smallest absolute Gasteiger partial charge is 0.234 e. The topological polar surface area (TPSA) is 41.6 Å². The van der Waals surface area contributed by atoms with Crippen LogP contribution in [0.4, 0.5) is 0 Å². The first-order chi connectivity index (χ1) is 9.99. The van der Waals surface area contributed by atoms with Crippen molar-refractivity contribution in [2.75, 3.05) is 20.7 Å². The Kier molecular flexibility index (Phi) is 5.65. The van der Waals surface area contributed by atoms with Crippen molar-refractivity contribution in [2.45, 2.75) is 32.4 Å². The summed E-state index contributed by atoms with van der Waals surface area (Å²) in [6, 6.07) is 6.21. The Morgan fingerprint density at radius 3 is 2.86 bits per heavy atom. The van der Waals surface area contributed by atoms with Gasteiger partial charge in [-0.15, -0.1) is 0 Å². The van der Waals surface area contributed by atoms with Gasteiger partial charge in [0, 0.05) is 22.6 Å². The molecular formula is C16H23BrN2O2. The van der Waals surface area contributed by atoms with Crippen molar-refractivity contribution < 1.29 is 9.53 Å². The number of rotatable bonds is 7. The molecule has 4 nitrogen and oxygen atoms in total. The third kappa shape index (κ3) is 5.00. The second-order valence-electron chi connectivity index (χ2n) is 5.82. The summed E-state index contributed by atoms with van der Waals surface area (Å²) in [6.07, 6.45) is 2.49. The van der Waals surface area contributed by atoms with Crippen LogP contribution < -0.4 is 10.1 Å². The fraction of sp³-hybridized carbons (Fsp3) is 0.562. The van der Waals surface area contributed by atoms with Gasteiger partial charge in [0.25, 0.3) is 0 Å². The molecule has 2 rings (SSSR count). The first kappa shape index (κ1) is 16.3. The van der Waals surface area contributed by atoms with E-state index in [1.807, 2.05) is 30.1 Å². The lowest BCUT2D eigenvalue weighted by molar-refractivity contribution is -0.122. The van der Waals surface area contributed by atoms with Crippen LogP contribution in [0.25, 0.3) is 0 Å². The van der Waals surface area contributed by atoms with E-state index in [4.69, 9.17) is 4.74 Å². The largest absolute Gasteiger partial charge is 0.496 e. The van der Waals surface area contributed by atoms with Crippen LogP contribution in [-0.2, 0) is 11.3 Å². The number of likely N-dealkylation sites (N-methyl/N-ethyl adjacent to an activating group) is 1. The van der Waals surface area contributed by atoms with Gasteiger partial charge in [-0.05, 0) is 50.9 Å². The summed E-state index contributed by atoms with van der Waals surface area (Å²) >= 11 is 3.47. The lowest BCUT2D eigenvalue weighted by Gasteiger charge is -2.20. The van der Waals surface area contributed by atoms with Crippen LogP contribution >= 0.6 is 15.9 Å². The van der Waals surface area contributed by atoms with Crippen molar-refractivity contribution in [3.8, 4) is 5.75 Å². The molecule has 1 fully saturated rings. The third-order valence-electron chi connectivity index (χ3n) is 3.81. The minimum absolute atomic E-state index is 0.0888. The van der Waals surface area contributed by atoms with Gasteiger partial charge >= 0.3 is 0 Å². The first-order valence-electron chi connectivity index (χ1n) is 7.30. The zero-order valence-corrected chi connectivity index (χ0v) is 14.4. The number of carbonyl (C=O) groups is 1. The first-order valence-corrected chi connectivity index (χ1v) is 8.09. The minimum Gasteiger partial charge on any atom is -0.496 e. The van der Waals surface area contributed by atoms with E-state index in [1.54, 1.807) is 7.11 Å². The van der Waals surface area contributed by atoms with Crippen LogP contribution in [0.15, 0.2) is 22.7 Å². The van der Waals surface area contributed by atoms with Crippen molar-refractivity contribution in [1.29, 1.82) is 0 Å². The maximum Gasteiger partial charge on any atom is 0.234 e. The quantitative estimate of drug-likeness (QED) is 0.818. The van der Waals surface area contributed by atoms with E-state index in [0.717, 1.165) is 15.8 Å². The summed E-state index contributed by atoms with van der Waals surface area (Å²) in [7, 11) is 3.61. The molecule has 1 amide bonds. The predicted octanol–water partition coefficient (Wildman–Crippen LogP) is 2.80. The molecule has 0 saturated heterocycles. The second-order valence-corrected chi connectivity index (χ2v) is 6.74. The molecule has 1 atom stereocenters. The van der Waals surface area contributed by atoms with Gasteiger partial charge in [0.15, 0.2) is 0 Å². The van der Waals surface area contributed by atoms with Gasteiger partial charge in [-0.3, -0.25) is 9.69 Å². The monoisotopic (exact) mass is 354 g/mol. The maximum atomic E-state index is 12.0. The molecule has 116 valence electrons. The van der Waals surface area contributed by atoms with Gasteiger partial charge < -0.3 is 10.1 Å². The second kappa shape index (κ2) is 7.27. The van der Waals surface area contributed by atoms with E-state index < -0.39 is 0 Å². The number of hydrogen-bond acceptors (Lipinski definition) is 3. The van der Waals surface area contributed by atoms with E-state index in [2.05, 4.69) is 28.2 Å². The highest BCUT2D eigenvalue weighted by Crippen LogP contribution is 2.32. The molecule has 0 radical (unpaired) electrons. The number of methoxy groups -OCH3 is 1. The number of nitrogens with zero attached hydrogens (tertiary/aromatic N) is 1. The number of benzene rings is 1. The maximum absolute atomic E-state index is 12.0. The van der Waals surface area contributed by atoms with E-state index in [1.165, 1.54) is 12.8 Å². The van der Waals surface area contributed by atoms with Crippen LogP contribution in [0, 0.1) is 5.92 Å². The molecule has 1 saturated carbocycles. The van der Waals surface area contributed by atoms with Crippen LogP contribution in [0.3, 0.4) is 0 Å². The Bertz CT molecular complexity index is 503. The molecule has 1 N–H and O–H groups in total. The van der Waals surface area contributed by atoms with Gasteiger partial charge in [0.2, 0.25) is 5.91 Å². The van der Waals surface area contributed by atoms with E-state index >= 15 is 0 Å². The minimum atomic E-state index is 0.0888. The van der Waals surface area contributed by atoms with Crippen molar-refractivity contribution in [3.05, 3.63) is 28.2 Å². The fourth-order valence-corrected chi connectivity index (χ4v) is 2.88. The molecule has 0 spiro atoms. The SMILES string of the molecule is COc1ccc(Br)cc1CN(C)CC(=O)N[C@H](C)C1CC1. The lowest BCUT2D eigenvalue weighted by atomic mass is 10.2. The van der Waals surface area contributed by atoms with Gasteiger partial charge in [-0.25, -0.2) is 0 Å². The number of carbonyl (C=O) groups excluding carboxylic acids is 1. The Hall–Kier alpha value is -1.07. The van der Waals surface area contributed by atoms with E-state index in [9.17, 15) is 4.79 Å². The van der Waals surface area contributed by atoms with Crippen molar-refractivity contribution >= 4 is 21.8 Å². The van der Waals surface area contributed by atoms with Crippen molar-refractivity contribution in [2.24, 2.45) is 5.92 Å². The van der Waals surface area contributed by atoms with Gasteiger partial charge in [0.1, 0.15) is 5.75 Å². The van der Waals surface area contributed by atoms with Gasteiger partial charge in [0.05, 0.1) is 13.7 Å². The molecule has 21 heavy (non-hydrogen) atoms. The van der Waals surface area contributed by atoms with Crippen LogP contribution in [0.2, 0.25) is 0 Å². The van der Waals surface area contributed by atoms with Crippen LogP contribution in [0.5, 0.6) is 5.75 Å². The lowest BCUT2D eigenvalue weighted by Crippen LogP contribution is -2.40. The van der Waals surface area contributed by atoms with Gasteiger partial charge in [-0.1, -0.05) is 15.9 Å². The molecule has 0 heterocycles. The molecule has 0 aliphatic heterocycles. The zero-order valence-electron chi connectivity index (χ0n) is 12.9. The van der Waals surface area contributed by atoms with Gasteiger partial charge in [-0.2, -0.15) is 0 Å². The Balaban J connectivity index is 1.87. The molecule has 0 aromatic heterocycles. The number of nitrogens with one attached hydrogen (secondary N) is 1. The molecule has 1 aromatic carbocycles. The Morgan fingerprint density at radius 1 is 1.52 bits per heavy atom. The van der Waals surface area contributed by atoms with Crippen LogP contribution in [0.1, 0.15) is 25.3 Å². The Labute approximate surface area is 135 Å². The standard InChI is InChI=1S/C16H23BrN2O2/c1-11(12-4-5-12)18-16(20)10-19(2)9-13-8-14(17)6-7-15(13)21-3/h6-8,11-12H,4-5,9-10H2,1-3H3,(H,18,20)/t11-/m1/s1. The van der Waals surface area contributed by atoms with Crippen LogP contribution in [-0.4, -0.2) is 37.6 Å². The number of hydrogen-bond donors (Lipinski definition) is 1. The van der Waals surface area contributed by atoms with Crippen molar-refractivity contribution in [3.63, 3.8) is 0 Å². The highest BCUT2D eigenvalue weighted by atomic mass is 79.9. The summed E-state index contributed by atoms with van der Waals surface area (Å²) in [5.74, 6) is 1.62. The Morgan fingerprint density at radius 2 is 2.24 bits per heavy atom. The summed E-state index contributed by atoms with van der Waals surface area (Å²) in [5.41, 5.74) is 1.07. The average molecular weight is 355 g/mol. The predicted molar refractivity (Wildman–Crippen MR) is 87.4 cm³/mol. The normalized spacial score (nSPS) is 15.9. The molecule has 5 heteroatoms. The summed E-state index contributed by atoms with van der Waals surface area (Å²) in [6.45, 7) is 3.16.